The van der Waals surface area contributed by atoms with Gasteiger partial charge in [-0.15, -0.1) is 0 Å². The summed E-state index contributed by atoms with van der Waals surface area (Å²) in [4.78, 5) is 24.6. The smallest absolute Gasteiger partial charge is 0.278 e. The zero-order valence-corrected chi connectivity index (χ0v) is 12.3. The molecule has 1 atom stereocenters. The number of nitrogens with one attached hydrogen (secondary N) is 2. The van der Waals surface area contributed by atoms with Crippen LogP contribution in [-0.4, -0.2) is 17.4 Å². The predicted octanol–water partition coefficient (Wildman–Crippen LogP) is 1.99. The zero-order valence-electron chi connectivity index (χ0n) is 12.3. The molecule has 2 amide bonds. The summed E-state index contributed by atoms with van der Waals surface area (Å²) in [6, 6.07) is 8.86. The summed E-state index contributed by atoms with van der Waals surface area (Å²) in [5.74, 6) is 0.0558. The number of rotatable bonds is 3. The lowest BCUT2D eigenvalue weighted by atomic mass is 10.0. The van der Waals surface area contributed by atoms with Gasteiger partial charge in [-0.1, -0.05) is 6.07 Å². The van der Waals surface area contributed by atoms with Crippen LogP contribution in [0.2, 0.25) is 0 Å². The second-order valence-corrected chi connectivity index (χ2v) is 5.35. The predicted molar refractivity (Wildman–Crippen MR) is 79.4 cm³/mol. The van der Waals surface area contributed by atoms with Gasteiger partial charge in [0.25, 0.3) is 17.4 Å². The average molecular weight is 300 g/mol. The van der Waals surface area contributed by atoms with E-state index < -0.39 is 17.4 Å². The number of benzene rings is 1. The summed E-state index contributed by atoms with van der Waals surface area (Å²) in [5.41, 5.74) is -0.0516. The molecule has 0 radical (unpaired) electrons. The van der Waals surface area contributed by atoms with Crippen LogP contribution in [0.15, 0.2) is 41.0 Å². The van der Waals surface area contributed by atoms with Gasteiger partial charge < -0.3 is 19.8 Å². The van der Waals surface area contributed by atoms with Crippen molar-refractivity contribution in [3.05, 3.63) is 47.9 Å². The molecule has 0 aliphatic carbocycles. The number of fused-ring (bicyclic) bond motifs is 1. The lowest BCUT2D eigenvalue weighted by Crippen LogP contribution is -2.58. The number of ether oxygens (including phenoxy) is 1. The van der Waals surface area contributed by atoms with Crippen molar-refractivity contribution in [2.24, 2.45) is 0 Å². The minimum absolute atomic E-state index is 0.193. The SMILES string of the molecule is Cc1ccc2c(c1)NC(=O)C(C)(C(=O)NCc1ccco1)O2. The number of hydrogen-bond donors (Lipinski definition) is 2. The Bertz CT molecular complexity index is 724. The lowest BCUT2D eigenvalue weighted by molar-refractivity contribution is -0.146. The Kier molecular flexibility index (Phi) is 3.36. The molecule has 2 aromatic rings. The van der Waals surface area contributed by atoms with Gasteiger partial charge in [-0.05, 0) is 43.7 Å². The summed E-state index contributed by atoms with van der Waals surface area (Å²) in [7, 11) is 0. The molecular formula is C16H16N2O4. The number of carbonyl (C=O) groups is 2. The van der Waals surface area contributed by atoms with Crippen LogP contribution in [0, 0.1) is 6.92 Å². The number of amides is 2. The highest BCUT2D eigenvalue weighted by molar-refractivity contribution is 6.15. The molecule has 1 aromatic heterocycles. The molecule has 114 valence electrons. The maximum absolute atomic E-state index is 12.4. The molecule has 0 saturated heterocycles. The molecule has 1 aliphatic heterocycles. The first kappa shape index (κ1) is 14.2. The van der Waals surface area contributed by atoms with Gasteiger partial charge in [0, 0.05) is 0 Å². The lowest BCUT2D eigenvalue weighted by Gasteiger charge is -2.33. The molecule has 0 spiro atoms. The van der Waals surface area contributed by atoms with Gasteiger partial charge in [-0.25, -0.2) is 0 Å². The van der Waals surface area contributed by atoms with Crippen LogP contribution in [-0.2, 0) is 16.1 Å². The van der Waals surface area contributed by atoms with Crippen LogP contribution in [0.4, 0.5) is 5.69 Å². The first-order chi connectivity index (χ1) is 10.5. The first-order valence-corrected chi connectivity index (χ1v) is 6.91. The number of carbonyl (C=O) groups excluding carboxylic acids is 2. The minimum atomic E-state index is -1.62. The second-order valence-electron chi connectivity index (χ2n) is 5.35. The van der Waals surface area contributed by atoms with Gasteiger partial charge >= 0.3 is 0 Å². The maximum atomic E-state index is 12.4. The van der Waals surface area contributed by atoms with Crippen LogP contribution < -0.4 is 15.4 Å². The molecule has 1 aliphatic rings. The van der Waals surface area contributed by atoms with E-state index in [0.29, 0.717) is 17.2 Å². The highest BCUT2D eigenvalue weighted by atomic mass is 16.5. The second kappa shape index (κ2) is 5.22. The monoisotopic (exact) mass is 300 g/mol. The van der Waals surface area contributed by atoms with E-state index in [9.17, 15) is 9.59 Å². The van der Waals surface area contributed by atoms with E-state index in [1.807, 2.05) is 13.0 Å². The third-order valence-electron chi connectivity index (χ3n) is 3.57. The Labute approximate surface area is 127 Å². The van der Waals surface area contributed by atoms with E-state index >= 15 is 0 Å². The molecule has 1 aromatic carbocycles. The van der Waals surface area contributed by atoms with Gasteiger partial charge in [-0.3, -0.25) is 9.59 Å². The fourth-order valence-electron chi connectivity index (χ4n) is 2.24. The third-order valence-corrected chi connectivity index (χ3v) is 3.57. The van der Waals surface area contributed by atoms with Crippen molar-refractivity contribution in [3.8, 4) is 5.75 Å². The van der Waals surface area contributed by atoms with E-state index in [2.05, 4.69) is 10.6 Å². The first-order valence-electron chi connectivity index (χ1n) is 6.91. The zero-order chi connectivity index (χ0) is 15.7. The molecular weight excluding hydrogens is 284 g/mol. The summed E-state index contributed by atoms with van der Waals surface area (Å²) in [6.45, 7) is 3.55. The van der Waals surface area contributed by atoms with Crippen molar-refractivity contribution in [2.75, 3.05) is 5.32 Å². The summed E-state index contributed by atoms with van der Waals surface area (Å²) in [5, 5.41) is 5.37. The molecule has 22 heavy (non-hydrogen) atoms. The molecule has 0 bridgehead atoms. The maximum Gasteiger partial charge on any atom is 0.278 e. The highest BCUT2D eigenvalue weighted by Crippen LogP contribution is 2.34. The molecule has 0 fully saturated rings. The largest absolute Gasteiger partial charge is 0.467 e. The van der Waals surface area contributed by atoms with Crippen LogP contribution in [0.25, 0.3) is 0 Å². The molecule has 0 saturated carbocycles. The molecule has 6 nitrogen and oxygen atoms in total. The summed E-state index contributed by atoms with van der Waals surface area (Å²) in [6.07, 6.45) is 1.52. The van der Waals surface area contributed by atoms with Gasteiger partial charge in [0.1, 0.15) is 11.5 Å². The van der Waals surface area contributed by atoms with Gasteiger partial charge in [0.05, 0.1) is 18.5 Å². The normalized spacial score (nSPS) is 19.8. The third kappa shape index (κ3) is 2.43. The number of hydrogen-bond acceptors (Lipinski definition) is 4. The van der Waals surface area contributed by atoms with Crippen LogP contribution in [0.3, 0.4) is 0 Å². The molecule has 6 heteroatoms. The van der Waals surface area contributed by atoms with Crippen molar-refractivity contribution in [2.45, 2.75) is 26.0 Å². The number of aryl methyl sites for hydroxylation is 1. The standard InChI is InChI=1S/C16H16N2O4/c1-10-5-6-13-12(8-10)18-15(20)16(2,22-13)14(19)17-9-11-4-3-7-21-11/h3-8H,9H2,1-2H3,(H,17,19)(H,18,20). The van der Waals surface area contributed by atoms with Crippen molar-refractivity contribution >= 4 is 17.5 Å². The van der Waals surface area contributed by atoms with Crippen molar-refractivity contribution < 1.29 is 18.7 Å². The van der Waals surface area contributed by atoms with Gasteiger partial charge in [-0.2, -0.15) is 0 Å². The highest BCUT2D eigenvalue weighted by Gasteiger charge is 2.47. The van der Waals surface area contributed by atoms with Gasteiger partial charge in [0.15, 0.2) is 0 Å². The van der Waals surface area contributed by atoms with Gasteiger partial charge in [0.2, 0.25) is 0 Å². The Morgan fingerprint density at radius 3 is 2.91 bits per heavy atom. The molecule has 3 rings (SSSR count). The summed E-state index contributed by atoms with van der Waals surface area (Å²) < 4.78 is 10.8. The van der Waals surface area contributed by atoms with E-state index in [-0.39, 0.29) is 6.54 Å². The Hall–Kier alpha value is -2.76. The molecule has 1 unspecified atom stereocenters. The minimum Gasteiger partial charge on any atom is -0.467 e. The van der Waals surface area contributed by atoms with Crippen molar-refractivity contribution in [3.63, 3.8) is 0 Å². The Morgan fingerprint density at radius 2 is 2.18 bits per heavy atom. The average Bonchev–Trinajstić information content (AvgIpc) is 2.99. The van der Waals surface area contributed by atoms with Crippen LogP contribution >= 0.6 is 0 Å². The van der Waals surface area contributed by atoms with E-state index in [4.69, 9.17) is 9.15 Å². The van der Waals surface area contributed by atoms with Crippen LogP contribution in [0.5, 0.6) is 5.75 Å². The fraction of sp³-hybridized carbons (Fsp3) is 0.250. The number of anilines is 1. The fourth-order valence-corrected chi connectivity index (χ4v) is 2.24. The topological polar surface area (TPSA) is 80.6 Å². The molecule has 2 N–H and O–H groups in total. The van der Waals surface area contributed by atoms with E-state index in [0.717, 1.165) is 5.56 Å². The quantitative estimate of drug-likeness (QED) is 0.850. The van der Waals surface area contributed by atoms with E-state index in [1.165, 1.54) is 13.2 Å². The Morgan fingerprint density at radius 1 is 1.36 bits per heavy atom. The van der Waals surface area contributed by atoms with Crippen molar-refractivity contribution in [1.82, 2.24) is 5.32 Å². The summed E-state index contributed by atoms with van der Waals surface area (Å²) >= 11 is 0. The van der Waals surface area contributed by atoms with Crippen LogP contribution in [0.1, 0.15) is 18.2 Å². The van der Waals surface area contributed by atoms with Crippen molar-refractivity contribution in [1.29, 1.82) is 0 Å². The molecule has 2 heterocycles. The Balaban J connectivity index is 1.78. The van der Waals surface area contributed by atoms with E-state index in [1.54, 1.807) is 24.3 Å². The number of furan rings is 1.